The molecule has 0 radical (unpaired) electrons. The van der Waals surface area contributed by atoms with Gasteiger partial charge < -0.3 is 21.7 Å². The smallest absolute Gasteiger partial charge is 0.331 e. The zero-order valence-electron chi connectivity index (χ0n) is 13.7. The second-order valence-corrected chi connectivity index (χ2v) is 7.80. The van der Waals surface area contributed by atoms with Crippen molar-refractivity contribution in [3.63, 3.8) is 0 Å². The van der Waals surface area contributed by atoms with Crippen molar-refractivity contribution in [2.24, 2.45) is 28.2 Å². The number of carboxylic acid groups (broad SMARTS) is 2. The Morgan fingerprint density at radius 2 is 1.74 bits per heavy atom. The number of ketones is 1. The predicted octanol–water partition coefficient (Wildman–Crippen LogP) is 0.746. The van der Waals surface area contributed by atoms with Crippen LogP contribution in [0.3, 0.4) is 0 Å². The van der Waals surface area contributed by atoms with Crippen LogP contribution in [0.2, 0.25) is 0 Å². The van der Waals surface area contributed by atoms with Crippen molar-refractivity contribution >= 4 is 17.7 Å². The number of Topliss-reactive ketones (excluding diaryl/α,β-unsaturated/α-hetero) is 1. The molecule has 0 amide bonds. The molecule has 2 rings (SSSR count). The normalized spacial score (nSPS) is 32.3. The van der Waals surface area contributed by atoms with Crippen LogP contribution in [0, 0.1) is 16.7 Å². The lowest BCUT2D eigenvalue weighted by molar-refractivity contribution is -0.152. The molecule has 0 aromatic carbocycles. The Morgan fingerprint density at radius 1 is 1.22 bits per heavy atom. The second kappa shape index (κ2) is 5.56. The monoisotopic (exact) mass is 326 g/mol. The Balaban J connectivity index is 2.30. The van der Waals surface area contributed by atoms with Gasteiger partial charge in [0.2, 0.25) is 0 Å². The Kier molecular flexibility index (Phi) is 4.32. The average molecular weight is 326 g/mol. The van der Waals surface area contributed by atoms with Crippen LogP contribution in [0.4, 0.5) is 0 Å². The lowest BCUT2D eigenvalue weighted by Gasteiger charge is -2.43. The Bertz CT molecular complexity index is 537. The van der Waals surface area contributed by atoms with E-state index in [0.717, 1.165) is 25.7 Å². The van der Waals surface area contributed by atoms with E-state index in [0.29, 0.717) is 5.92 Å². The molecule has 2 saturated carbocycles. The maximum Gasteiger partial charge on any atom is 0.331 e. The first-order chi connectivity index (χ1) is 10.5. The standard InChI is InChI=1S/C16H26N2O5/c1-14(2)9-3-5-15(14,6-4-9)8-16(18,13(22)23)12(21)10(17)7-11(19)20/h9-10H,3-8,17-18H2,1-2H3,(H,19,20)(H,22,23)/t9?,10-,15?,16+/m0/s1. The van der Waals surface area contributed by atoms with Gasteiger partial charge in [-0.05, 0) is 48.9 Å². The first-order valence-electron chi connectivity index (χ1n) is 8.00. The quantitative estimate of drug-likeness (QED) is 0.505. The Labute approximate surface area is 135 Å². The maximum atomic E-state index is 12.5. The molecule has 2 fully saturated rings. The third kappa shape index (κ3) is 2.65. The van der Waals surface area contributed by atoms with E-state index in [1.807, 2.05) is 0 Å². The zero-order valence-corrected chi connectivity index (χ0v) is 13.7. The van der Waals surface area contributed by atoms with E-state index in [4.69, 9.17) is 16.6 Å². The number of carboxylic acids is 2. The molecule has 23 heavy (non-hydrogen) atoms. The highest BCUT2D eigenvalue weighted by Gasteiger charge is 2.62. The fourth-order valence-electron chi connectivity index (χ4n) is 4.79. The van der Waals surface area contributed by atoms with Crippen LogP contribution in [0.5, 0.6) is 0 Å². The first kappa shape index (κ1) is 17.9. The first-order valence-corrected chi connectivity index (χ1v) is 8.00. The van der Waals surface area contributed by atoms with Crippen LogP contribution in [0.25, 0.3) is 0 Å². The highest BCUT2D eigenvalue weighted by Crippen LogP contribution is 2.68. The van der Waals surface area contributed by atoms with Gasteiger partial charge in [0.15, 0.2) is 11.3 Å². The number of fused-ring (bicyclic) bond motifs is 2. The fourth-order valence-corrected chi connectivity index (χ4v) is 4.79. The van der Waals surface area contributed by atoms with Crippen molar-refractivity contribution in [2.45, 2.75) is 64.0 Å². The van der Waals surface area contributed by atoms with E-state index in [2.05, 4.69) is 13.8 Å². The lowest BCUT2D eigenvalue weighted by Crippen LogP contribution is -2.63. The molecule has 2 atom stereocenters. The van der Waals surface area contributed by atoms with Gasteiger partial charge in [0, 0.05) is 0 Å². The average Bonchev–Trinajstić information content (AvgIpc) is 2.81. The van der Waals surface area contributed by atoms with Crippen molar-refractivity contribution in [3.8, 4) is 0 Å². The number of hydrogen-bond acceptors (Lipinski definition) is 5. The molecule has 0 unspecified atom stereocenters. The molecule has 2 bridgehead atoms. The second-order valence-electron chi connectivity index (χ2n) is 7.80. The van der Waals surface area contributed by atoms with Gasteiger partial charge in [0.05, 0.1) is 12.5 Å². The molecule has 7 nitrogen and oxygen atoms in total. The minimum atomic E-state index is -2.13. The van der Waals surface area contributed by atoms with Gasteiger partial charge in [-0.2, -0.15) is 0 Å². The third-order valence-electron chi connectivity index (χ3n) is 6.50. The largest absolute Gasteiger partial charge is 0.481 e. The van der Waals surface area contributed by atoms with Crippen molar-refractivity contribution in [1.82, 2.24) is 0 Å². The van der Waals surface area contributed by atoms with Crippen LogP contribution < -0.4 is 11.5 Å². The van der Waals surface area contributed by atoms with Crippen molar-refractivity contribution in [1.29, 1.82) is 0 Å². The number of hydrogen-bond donors (Lipinski definition) is 4. The number of carbonyl (C=O) groups is 3. The molecule has 0 aromatic heterocycles. The molecule has 0 spiro atoms. The topological polar surface area (TPSA) is 144 Å². The van der Waals surface area contributed by atoms with Crippen LogP contribution in [-0.2, 0) is 14.4 Å². The number of aliphatic carboxylic acids is 2. The summed E-state index contributed by atoms with van der Waals surface area (Å²) < 4.78 is 0. The summed E-state index contributed by atoms with van der Waals surface area (Å²) in [5, 5.41) is 18.4. The molecule has 0 saturated heterocycles. The fraction of sp³-hybridized carbons (Fsp3) is 0.812. The molecule has 2 aliphatic carbocycles. The van der Waals surface area contributed by atoms with Crippen molar-refractivity contribution in [3.05, 3.63) is 0 Å². The molecule has 0 aliphatic heterocycles. The van der Waals surface area contributed by atoms with Crippen LogP contribution >= 0.6 is 0 Å². The van der Waals surface area contributed by atoms with E-state index < -0.39 is 35.7 Å². The molecule has 7 heteroatoms. The summed E-state index contributed by atoms with van der Waals surface area (Å²) in [6.45, 7) is 4.23. The van der Waals surface area contributed by atoms with Gasteiger partial charge in [-0.25, -0.2) is 4.79 Å². The summed E-state index contributed by atoms with van der Waals surface area (Å²) in [5.41, 5.74) is 9.11. The summed E-state index contributed by atoms with van der Waals surface area (Å²) in [4.78, 5) is 35.1. The summed E-state index contributed by atoms with van der Waals surface area (Å²) in [7, 11) is 0. The molecule has 0 aromatic rings. The van der Waals surface area contributed by atoms with Gasteiger partial charge in [-0.15, -0.1) is 0 Å². The molecule has 130 valence electrons. The molecular formula is C16H26N2O5. The minimum Gasteiger partial charge on any atom is -0.481 e. The van der Waals surface area contributed by atoms with E-state index in [-0.39, 0.29) is 17.3 Å². The molecular weight excluding hydrogens is 300 g/mol. The van der Waals surface area contributed by atoms with Gasteiger partial charge in [0.25, 0.3) is 0 Å². The van der Waals surface area contributed by atoms with Gasteiger partial charge in [-0.1, -0.05) is 13.8 Å². The number of carbonyl (C=O) groups excluding carboxylic acids is 1. The summed E-state index contributed by atoms with van der Waals surface area (Å²) in [6, 6.07) is -1.41. The number of nitrogens with two attached hydrogens (primary N) is 2. The highest BCUT2D eigenvalue weighted by atomic mass is 16.4. The summed E-state index contributed by atoms with van der Waals surface area (Å²) in [5.74, 6) is -3.06. The molecule has 6 N–H and O–H groups in total. The third-order valence-corrected chi connectivity index (χ3v) is 6.50. The number of rotatable bonds is 7. The Hall–Kier alpha value is -1.47. The minimum absolute atomic E-state index is 0.0188. The maximum absolute atomic E-state index is 12.5. The SMILES string of the molecule is CC1(C)C2CCC1(C[C@](N)(C(=O)O)C(=O)[C@@H](N)CC(=O)O)CC2. The van der Waals surface area contributed by atoms with E-state index in [1.54, 1.807) is 0 Å². The van der Waals surface area contributed by atoms with E-state index in [9.17, 15) is 19.5 Å². The van der Waals surface area contributed by atoms with Gasteiger partial charge in [-0.3, -0.25) is 9.59 Å². The van der Waals surface area contributed by atoms with E-state index >= 15 is 0 Å². The van der Waals surface area contributed by atoms with Crippen molar-refractivity contribution in [2.75, 3.05) is 0 Å². The summed E-state index contributed by atoms with van der Waals surface area (Å²) in [6.07, 6.45) is 3.11. The summed E-state index contributed by atoms with van der Waals surface area (Å²) >= 11 is 0. The van der Waals surface area contributed by atoms with Crippen LogP contribution in [0.1, 0.15) is 52.4 Å². The van der Waals surface area contributed by atoms with Crippen LogP contribution in [0.15, 0.2) is 0 Å². The van der Waals surface area contributed by atoms with E-state index in [1.165, 1.54) is 0 Å². The molecule has 2 aliphatic rings. The van der Waals surface area contributed by atoms with Crippen LogP contribution in [-0.4, -0.2) is 39.5 Å². The van der Waals surface area contributed by atoms with Gasteiger partial charge in [0.1, 0.15) is 0 Å². The Morgan fingerprint density at radius 3 is 2.09 bits per heavy atom. The zero-order chi connectivity index (χ0) is 17.6. The molecule has 0 heterocycles. The predicted molar refractivity (Wildman–Crippen MR) is 82.6 cm³/mol. The van der Waals surface area contributed by atoms with Crippen molar-refractivity contribution < 1.29 is 24.6 Å². The van der Waals surface area contributed by atoms with Gasteiger partial charge >= 0.3 is 11.9 Å². The lowest BCUT2D eigenvalue weighted by atomic mass is 9.62. The highest BCUT2D eigenvalue weighted by molar-refractivity contribution is 6.10.